The van der Waals surface area contributed by atoms with E-state index in [0.29, 0.717) is 16.4 Å². The highest BCUT2D eigenvalue weighted by Gasteiger charge is 2.26. The van der Waals surface area contributed by atoms with Crippen molar-refractivity contribution in [3.8, 4) is 5.75 Å². The zero-order valence-corrected chi connectivity index (χ0v) is 8.71. The van der Waals surface area contributed by atoms with Gasteiger partial charge in [0.25, 0.3) is 5.69 Å². The van der Waals surface area contributed by atoms with Crippen LogP contribution in [0.1, 0.15) is 6.92 Å². The van der Waals surface area contributed by atoms with Crippen molar-refractivity contribution in [2.24, 2.45) is 0 Å². The Kier molecular flexibility index (Phi) is 2.28. The number of ether oxygens (including phenoxy) is 1. The van der Waals surface area contributed by atoms with E-state index in [-0.39, 0.29) is 11.8 Å². The molecule has 1 heterocycles. The second-order valence-electron chi connectivity index (χ2n) is 3.16. The van der Waals surface area contributed by atoms with Gasteiger partial charge in [-0.25, -0.2) is 0 Å². The Balaban J connectivity index is 2.52. The molecule has 0 aromatic heterocycles. The summed E-state index contributed by atoms with van der Waals surface area (Å²) < 4.78 is 5.43. The second kappa shape index (κ2) is 3.47. The van der Waals surface area contributed by atoms with Crippen molar-refractivity contribution in [3.05, 3.63) is 28.3 Å². The smallest absolute Gasteiger partial charge is 0.296 e. The number of nitrogens with one attached hydrogen (secondary N) is 1. The van der Waals surface area contributed by atoms with E-state index >= 15 is 0 Å². The van der Waals surface area contributed by atoms with Crippen LogP contribution < -0.4 is 10.1 Å². The SMILES string of the molecule is CC1Oc2cccc([N+](=O)[O-])c2NC1=S. The minimum Gasteiger partial charge on any atom is -0.481 e. The molecule has 0 saturated heterocycles. The lowest BCUT2D eigenvalue weighted by Crippen LogP contribution is -2.33. The number of rotatable bonds is 1. The van der Waals surface area contributed by atoms with Crippen LogP contribution in [0.5, 0.6) is 5.75 Å². The van der Waals surface area contributed by atoms with E-state index in [1.807, 2.05) is 0 Å². The zero-order valence-electron chi connectivity index (χ0n) is 7.89. The summed E-state index contributed by atoms with van der Waals surface area (Å²) in [5, 5.41) is 13.6. The molecule has 1 atom stereocenters. The first-order valence-corrected chi connectivity index (χ1v) is 4.75. The molecule has 1 N–H and O–H groups in total. The van der Waals surface area contributed by atoms with E-state index in [1.165, 1.54) is 6.07 Å². The minimum atomic E-state index is -0.464. The summed E-state index contributed by atoms with van der Waals surface area (Å²) in [5.74, 6) is 0.463. The van der Waals surface area contributed by atoms with E-state index < -0.39 is 4.92 Å². The van der Waals surface area contributed by atoms with Gasteiger partial charge in [-0.3, -0.25) is 10.1 Å². The van der Waals surface area contributed by atoms with E-state index in [2.05, 4.69) is 5.32 Å². The fourth-order valence-electron chi connectivity index (χ4n) is 1.36. The van der Waals surface area contributed by atoms with Gasteiger partial charge in [-0.1, -0.05) is 18.3 Å². The Bertz CT molecular complexity index is 447. The first-order chi connectivity index (χ1) is 7.09. The predicted octanol–water partition coefficient (Wildman–Crippen LogP) is 2.11. The molecule has 0 aliphatic carbocycles. The molecule has 1 aliphatic heterocycles. The number of fused-ring (bicyclic) bond motifs is 1. The number of nitro benzene ring substituents is 1. The quantitative estimate of drug-likeness (QED) is 0.449. The molecule has 5 nitrogen and oxygen atoms in total. The molecule has 6 heteroatoms. The highest BCUT2D eigenvalue weighted by atomic mass is 32.1. The third-order valence-corrected chi connectivity index (χ3v) is 2.56. The first kappa shape index (κ1) is 9.85. The number of nitro groups is 1. The molecule has 0 saturated carbocycles. The Labute approximate surface area is 91.2 Å². The van der Waals surface area contributed by atoms with E-state index in [4.69, 9.17) is 17.0 Å². The maximum Gasteiger partial charge on any atom is 0.296 e. The normalized spacial score (nSPS) is 18.7. The van der Waals surface area contributed by atoms with Crippen LogP contribution in [-0.4, -0.2) is 16.0 Å². The van der Waals surface area contributed by atoms with Gasteiger partial charge >= 0.3 is 0 Å². The highest BCUT2D eigenvalue weighted by Crippen LogP contribution is 2.37. The summed E-state index contributed by atoms with van der Waals surface area (Å²) in [6.45, 7) is 1.79. The second-order valence-corrected chi connectivity index (χ2v) is 3.60. The Hall–Kier alpha value is -1.69. The summed E-state index contributed by atoms with van der Waals surface area (Å²) in [6.07, 6.45) is -0.255. The van der Waals surface area contributed by atoms with E-state index in [9.17, 15) is 10.1 Å². The van der Waals surface area contributed by atoms with Gasteiger partial charge in [0, 0.05) is 6.07 Å². The Morgan fingerprint density at radius 3 is 3.00 bits per heavy atom. The van der Waals surface area contributed by atoms with Crippen LogP contribution in [-0.2, 0) is 0 Å². The van der Waals surface area contributed by atoms with Crippen LogP contribution in [0.3, 0.4) is 0 Å². The summed E-state index contributed by atoms with van der Waals surface area (Å²) >= 11 is 4.99. The maximum absolute atomic E-state index is 10.7. The molecule has 78 valence electrons. The molecule has 0 bridgehead atoms. The monoisotopic (exact) mass is 224 g/mol. The number of anilines is 1. The van der Waals surface area contributed by atoms with Gasteiger partial charge in [-0.2, -0.15) is 0 Å². The summed E-state index contributed by atoms with van der Waals surface area (Å²) in [7, 11) is 0. The van der Waals surface area contributed by atoms with Crippen molar-refractivity contribution in [2.45, 2.75) is 13.0 Å². The van der Waals surface area contributed by atoms with Crippen molar-refractivity contribution in [1.82, 2.24) is 0 Å². The minimum absolute atomic E-state index is 0.0262. The van der Waals surface area contributed by atoms with Gasteiger partial charge in [-0.05, 0) is 13.0 Å². The standard InChI is InChI=1S/C9H8N2O3S/c1-5-9(15)10-8-6(11(12)13)3-2-4-7(8)14-5/h2-5H,1H3,(H,10,15). The lowest BCUT2D eigenvalue weighted by Gasteiger charge is -2.24. The number of nitrogens with zero attached hydrogens (tertiary/aromatic N) is 1. The zero-order chi connectivity index (χ0) is 11.0. The molecule has 2 rings (SSSR count). The fourth-order valence-corrected chi connectivity index (χ4v) is 1.51. The number of benzene rings is 1. The molecule has 0 amide bonds. The van der Waals surface area contributed by atoms with Crippen LogP contribution in [0.15, 0.2) is 18.2 Å². The summed E-state index contributed by atoms with van der Waals surface area (Å²) in [5.41, 5.74) is 0.312. The highest BCUT2D eigenvalue weighted by molar-refractivity contribution is 7.80. The molecule has 15 heavy (non-hydrogen) atoms. The van der Waals surface area contributed by atoms with Gasteiger partial charge < -0.3 is 10.1 Å². The number of para-hydroxylation sites is 1. The molecule has 1 aromatic rings. The summed E-state index contributed by atoms with van der Waals surface area (Å²) in [6, 6.07) is 4.67. The largest absolute Gasteiger partial charge is 0.481 e. The van der Waals surface area contributed by atoms with Crippen LogP contribution >= 0.6 is 12.2 Å². The van der Waals surface area contributed by atoms with Crippen LogP contribution in [0.4, 0.5) is 11.4 Å². The Morgan fingerprint density at radius 2 is 2.33 bits per heavy atom. The van der Waals surface area contributed by atoms with E-state index in [1.54, 1.807) is 19.1 Å². The van der Waals surface area contributed by atoms with Crippen molar-refractivity contribution in [3.63, 3.8) is 0 Å². The summed E-state index contributed by atoms with van der Waals surface area (Å²) in [4.78, 5) is 10.7. The average molecular weight is 224 g/mol. The van der Waals surface area contributed by atoms with Gasteiger partial charge in [0.05, 0.1) is 4.92 Å². The Morgan fingerprint density at radius 1 is 1.60 bits per heavy atom. The van der Waals surface area contributed by atoms with Crippen molar-refractivity contribution < 1.29 is 9.66 Å². The third kappa shape index (κ3) is 1.63. The van der Waals surface area contributed by atoms with Crippen molar-refractivity contribution in [1.29, 1.82) is 0 Å². The third-order valence-electron chi connectivity index (χ3n) is 2.12. The van der Waals surface area contributed by atoms with Crippen LogP contribution in [0, 0.1) is 10.1 Å². The lowest BCUT2D eigenvalue weighted by atomic mass is 10.2. The van der Waals surface area contributed by atoms with Gasteiger partial charge in [0.15, 0.2) is 11.4 Å². The number of hydrogen-bond acceptors (Lipinski definition) is 4. The van der Waals surface area contributed by atoms with Crippen LogP contribution in [0.2, 0.25) is 0 Å². The topological polar surface area (TPSA) is 64.4 Å². The van der Waals surface area contributed by atoms with Gasteiger partial charge in [-0.15, -0.1) is 0 Å². The molecule has 1 aliphatic rings. The molecule has 1 aromatic carbocycles. The fraction of sp³-hybridized carbons (Fsp3) is 0.222. The van der Waals surface area contributed by atoms with Crippen LogP contribution in [0.25, 0.3) is 0 Å². The molecule has 1 unspecified atom stereocenters. The molecule has 0 fully saturated rings. The molecular weight excluding hydrogens is 216 g/mol. The molecule has 0 radical (unpaired) electrons. The maximum atomic E-state index is 10.7. The number of thiocarbonyl (C=S) groups is 1. The predicted molar refractivity (Wildman–Crippen MR) is 59.4 cm³/mol. The number of hydrogen-bond donors (Lipinski definition) is 1. The van der Waals surface area contributed by atoms with E-state index in [0.717, 1.165) is 0 Å². The first-order valence-electron chi connectivity index (χ1n) is 4.34. The van der Waals surface area contributed by atoms with Crippen molar-refractivity contribution >= 4 is 28.6 Å². The molecule has 0 spiro atoms. The average Bonchev–Trinajstić information content (AvgIpc) is 2.18. The van der Waals surface area contributed by atoms with Gasteiger partial charge in [0.2, 0.25) is 0 Å². The van der Waals surface area contributed by atoms with Crippen molar-refractivity contribution in [2.75, 3.05) is 5.32 Å². The molecular formula is C9H8N2O3S. The van der Waals surface area contributed by atoms with Gasteiger partial charge in [0.1, 0.15) is 11.1 Å². The lowest BCUT2D eigenvalue weighted by molar-refractivity contribution is -0.384.